The topological polar surface area (TPSA) is 26.3 Å². The molecule has 14 heavy (non-hydrogen) atoms. The third kappa shape index (κ3) is 1.31. The predicted molar refractivity (Wildman–Crippen MR) is 54.6 cm³/mol. The number of benzene rings is 1. The number of carbonyl (C=O) groups is 1. The van der Waals surface area contributed by atoms with Crippen molar-refractivity contribution in [3.63, 3.8) is 0 Å². The highest BCUT2D eigenvalue weighted by Crippen LogP contribution is 2.33. The molecule has 0 amide bonds. The maximum Gasteiger partial charge on any atom is 0.311 e. The van der Waals surface area contributed by atoms with Crippen LogP contribution in [0, 0.1) is 20.8 Å². The van der Waals surface area contributed by atoms with Crippen molar-refractivity contribution >= 4 is 5.97 Å². The highest BCUT2D eigenvalue weighted by atomic mass is 16.5. The van der Waals surface area contributed by atoms with Gasteiger partial charge in [-0.15, -0.1) is 0 Å². The zero-order valence-electron chi connectivity index (χ0n) is 8.81. The summed E-state index contributed by atoms with van der Waals surface area (Å²) in [4.78, 5) is 11.2. The van der Waals surface area contributed by atoms with Gasteiger partial charge in [-0.1, -0.05) is 6.07 Å². The summed E-state index contributed by atoms with van der Waals surface area (Å²) in [5.41, 5.74) is 4.72. The van der Waals surface area contributed by atoms with Gasteiger partial charge in [-0.2, -0.15) is 0 Å². The van der Waals surface area contributed by atoms with Crippen LogP contribution in [0.25, 0.3) is 0 Å². The molecule has 1 aromatic carbocycles. The standard InChI is InChI=1S/C12H14O2/c1-7-6-8(2)10-4-5-11(13)14-12(10)9(7)3/h6H,4-5H2,1-3H3. The van der Waals surface area contributed by atoms with Gasteiger partial charge < -0.3 is 4.74 Å². The number of hydrogen-bond donors (Lipinski definition) is 0. The molecule has 1 aromatic rings. The van der Waals surface area contributed by atoms with Crippen LogP contribution in [-0.2, 0) is 11.2 Å². The molecule has 74 valence electrons. The second-order valence-corrected chi connectivity index (χ2v) is 3.92. The van der Waals surface area contributed by atoms with Crippen molar-refractivity contribution in [1.29, 1.82) is 0 Å². The van der Waals surface area contributed by atoms with Crippen LogP contribution in [0.3, 0.4) is 0 Å². The number of hydrogen-bond acceptors (Lipinski definition) is 2. The molecule has 0 unspecified atom stereocenters. The summed E-state index contributed by atoms with van der Waals surface area (Å²) in [5.74, 6) is 0.698. The molecule has 2 rings (SSSR count). The fourth-order valence-corrected chi connectivity index (χ4v) is 1.95. The summed E-state index contributed by atoms with van der Waals surface area (Å²) in [5, 5.41) is 0. The lowest BCUT2D eigenvalue weighted by atomic mass is 9.94. The van der Waals surface area contributed by atoms with E-state index in [1.807, 2.05) is 13.8 Å². The molecule has 2 heteroatoms. The van der Waals surface area contributed by atoms with Crippen molar-refractivity contribution in [3.05, 3.63) is 28.3 Å². The summed E-state index contributed by atoms with van der Waals surface area (Å²) in [7, 11) is 0. The lowest BCUT2D eigenvalue weighted by Crippen LogP contribution is -2.18. The Kier molecular flexibility index (Phi) is 2.06. The van der Waals surface area contributed by atoms with Gasteiger partial charge in [-0.05, 0) is 49.4 Å². The minimum atomic E-state index is -0.106. The third-order valence-electron chi connectivity index (χ3n) is 2.91. The second-order valence-electron chi connectivity index (χ2n) is 3.92. The normalized spacial score (nSPS) is 14.9. The Bertz CT molecular complexity index is 405. The van der Waals surface area contributed by atoms with Gasteiger partial charge in [-0.3, -0.25) is 4.79 Å². The Morgan fingerprint density at radius 2 is 1.86 bits per heavy atom. The molecular formula is C12H14O2. The average Bonchev–Trinajstić information content (AvgIpc) is 2.14. The van der Waals surface area contributed by atoms with Crippen molar-refractivity contribution in [2.24, 2.45) is 0 Å². The highest BCUT2D eigenvalue weighted by molar-refractivity contribution is 5.76. The molecule has 0 fully saturated rings. The van der Waals surface area contributed by atoms with Crippen LogP contribution >= 0.6 is 0 Å². The SMILES string of the molecule is Cc1cc(C)c2c(c1C)OC(=O)CC2. The summed E-state index contributed by atoms with van der Waals surface area (Å²) in [6.07, 6.45) is 1.33. The van der Waals surface area contributed by atoms with E-state index in [0.717, 1.165) is 17.7 Å². The van der Waals surface area contributed by atoms with Crippen molar-refractivity contribution in [2.45, 2.75) is 33.6 Å². The highest BCUT2D eigenvalue weighted by Gasteiger charge is 2.21. The lowest BCUT2D eigenvalue weighted by Gasteiger charge is -2.21. The molecule has 0 radical (unpaired) electrons. The maximum atomic E-state index is 11.2. The van der Waals surface area contributed by atoms with Crippen molar-refractivity contribution in [2.75, 3.05) is 0 Å². The molecular weight excluding hydrogens is 176 g/mol. The number of aryl methyl sites for hydroxylation is 2. The first kappa shape index (κ1) is 9.25. The van der Waals surface area contributed by atoms with Gasteiger partial charge in [0.15, 0.2) is 0 Å². The Balaban J connectivity index is 2.63. The van der Waals surface area contributed by atoms with Crippen LogP contribution in [0.15, 0.2) is 6.07 Å². The van der Waals surface area contributed by atoms with E-state index in [2.05, 4.69) is 13.0 Å². The summed E-state index contributed by atoms with van der Waals surface area (Å²) in [6, 6.07) is 2.16. The third-order valence-corrected chi connectivity index (χ3v) is 2.91. The molecule has 0 atom stereocenters. The van der Waals surface area contributed by atoms with E-state index in [0.29, 0.717) is 6.42 Å². The minimum Gasteiger partial charge on any atom is -0.426 e. The van der Waals surface area contributed by atoms with E-state index < -0.39 is 0 Å². The average molecular weight is 190 g/mol. The first-order valence-corrected chi connectivity index (χ1v) is 4.90. The van der Waals surface area contributed by atoms with E-state index in [-0.39, 0.29) is 5.97 Å². The molecule has 1 heterocycles. The van der Waals surface area contributed by atoms with Gasteiger partial charge >= 0.3 is 5.97 Å². The van der Waals surface area contributed by atoms with E-state index in [1.54, 1.807) is 0 Å². The molecule has 1 aliphatic rings. The number of carbonyl (C=O) groups excluding carboxylic acids is 1. The fraction of sp³-hybridized carbons (Fsp3) is 0.417. The second kappa shape index (κ2) is 3.12. The van der Waals surface area contributed by atoms with Crippen LogP contribution in [0.2, 0.25) is 0 Å². The summed E-state index contributed by atoms with van der Waals surface area (Å²) >= 11 is 0. The van der Waals surface area contributed by atoms with E-state index in [9.17, 15) is 4.79 Å². The van der Waals surface area contributed by atoms with Crippen LogP contribution in [0.4, 0.5) is 0 Å². The number of rotatable bonds is 0. The zero-order chi connectivity index (χ0) is 10.3. The number of ether oxygens (including phenoxy) is 1. The smallest absolute Gasteiger partial charge is 0.311 e. The molecule has 0 saturated heterocycles. The van der Waals surface area contributed by atoms with Crippen molar-refractivity contribution in [3.8, 4) is 5.75 Å². The van der Waals surface area contributed by atoms with Gasteiger partial charge in [0.05, 0.1) is 6.42 Å². The molecule has 0 spiro atoms. The van der Waals surface area contributed by atoms with Crippen LogP contribution < -0.4 is 4.74 Å². The lowest BCUT2D eigenvalue weighted by molar-refractivity contribution is -0.135. The Morgan fingerprint density at radius 3 is 2.57 bits per heavy atom. The van der Waals surface area contributed by atoms with Crippen molar-refractivity contribution in [1.82, 2.24) is 0 Å². The molecule has 0 saturated carbocycles. The maximum absolute atomic E-state index is 11.2. The Morgan fingerprint density at radius 1 is 1.14 bits per heavy atom. The number of esters is 1. The van der Waals surface area contributed by atoms with Gasteiger partial charge in [0.1, 0.15) is 5.75 Å². The largest absolute Gasteiger partial charge is 0.426 e. The fourth-order valence-electron chi connectivity index (χ4n) is 1.95. The molecule has 0 aliphatic carbocycles. The minimum absolute atomic E-state index is 0.106. The van der Waals surface area contributed by atoms with Crippen LogP contribution in [-0.4, -0.2) is 5.97 Å². The number of fused-ring (bicyclic) bond motifs is 1. The Hall–Kier alpha value is -1.31. The van der Waals surface area contributed by atoms with Crippen molar-refractivity contribution < 1.29 is 9.53 Å². The predicted octanol–water partition coefficient (Wildman–Crippen LogP) is 2.46. The Labute approximate surface area is 83.9 Å². The molecule has 0 N–H and O–H groups in total. The van der Waals surface area contributed by atoms with E-state index >= 15 is 0 Å². The van der Waals surface area contributed by atoms with Crippen LogP contribution in [0.5, 0.6) is 5.75 Å². The molecule has 0 bridgehead atoms. The monoisotopic (exact) mass is 190 g/mol. The quantitative estimate of drug-likeness (QED) is 0.464. The van der Waals surface area contributed by atoms with Gasteiger partial charge in [0.2, 0.25) is 0 Å². The van der Waals surface area contributed by atoms with Gasteiger partial charge in [-0.25, -0.2) is 0 Å². The van der Waals surface area contributed by atoms with E-state index in [1.165, 1.54) is 16.7 Å². The molecule has 1 aliphatic heterocycles. The first-order valence-electron chi connectivity index (χ1n) is 4.90. The molecule has 2 nitrogen and oxygen atoms in total. The summed E-state index contributed by atoms with van der Waals surface area (Å²) in [6.45, 7) is 6.13. The summed E-state index contributed by atoms with van der Waals surface area (Å²) < 4.78 is 5.29. The first-order chi connectivity index (χ1) is 6.59. The van der Waals surface area contributed by atoms with Gasteiger partial charge in [0, 0.05) is 0 Å². The van der Waals surface area contributed by atoms with Crippen LogP contribution in [0.1, 0.15) is 28.7 Å². The van der Waals surface area contributed by atoms with Gasteiger partial charge in [0.25, 0.3) is 0 Å². The molecule has 0 aromatic heterocycles. The van der Waals surface area contributed by atoms with E-state index in [4.69, 9.17) is 4.74 Å². The zero-order valence-corrected chi connectivity index (χ0v) is 8.81.